The largest absolute Gasteiger partial charge is 0.280 e. The number of fused-ring (bicyclic) bond motifs is 10. The Bertz CT molecular complexity index is 702. The van der Waals surface area contributed by atoms with Gasteiger partial charge in [-0.3, -0.25) is 29.0 Å². The van der Waals surface area contributed by atoms with E-state index in [9.17, 15) is 19.2 Å². The number of hydrogen-bond donors (Lipinski definition) is 0. The van der Waals surface area contributed by atoms with Crippen molar-refractivity contribution in [1.82, 2.24) is 9.80 Å². The van der Waals surface area contributed by atoms with Crippen molar-refractivity contribution in [3.8, 4) is 0 Å². The third-order valence-corrected chi connectivity index (χ3v) is 7.67. The zero-order valence-corrected chi connectivity index (χ0v) is 14.3. The molecule has 6 aliphatic rings. The van der Waals surface area contributed by atoms with E-state index in [-0.39, 0.29) is 84.1 Å². The fourth-order valence-electron chi connectivity index (χ4n) is 6.57. The van der Waals surface area contributed by atoms with Crippen LogP contribution in [0.5, 0.6) is 0 Å². The minimum Gasteiger partial charge on any atom is -0.280 e. The van der Waals surface area contributed by atoms with Crippen LogP contribution in [0.15, 0.2) is 24.3 Å². The third-order valence-electron chi connectivity index (χ3n) is 7.67. The summed E-state index contributed by atoms with van der Waals surface area (Å²) in [7, 11) is 0. The van der Waals surface area contributed by atoms with Crippen LogP contribution in [0.4, 0.5) is 0 Å². The molecule has 0 unspecified atom stereocenters. The summed E-state index contributed by atoms with van der Waals surface area (Å²) >= 11 is 0. The van der Waals surface area contributed by atoms with Gasteiger partial charge in [0.15, 0.2) is 0 Å². The summed E-state index contributed by atoms with van der Waals surface area (Å²) in [4.78, 5) is 53.6. The minimum absolute atomic E-state index is 0.113. The number of nitrogens with zero attached hydrogens (tertiary/aromatic N) is 2. The summed E-state index contributed by atoms with van der Waals surface area (Å²) in [6.07, 6.45) is 10.1. The summed E-state index contributed by atoms with van der Waals surface area (Å²) in [5.41, 5.74) is 0. The standard InChI is InChI=1S/C20H20N2O4/c23-17-13-9-1-2-10(7-9)14(13)18(24)21(17)5-6-22-19(25)15-11-3-4-12(8-11)16(15)20(22)26/h1-4,9-16H,5-8H2/t9-,10-,11+,12+,13-,14-,15-,16+/m1/s1. The van der Waals surface area contributed by atoms with Crippen molar-refractivity contribution in [2.75, 3.05) is 13.1 Å². The highest BCUT2D eigenvalue weighted by atomic mass is 16.2. The molecule has 2 aliphatic heterocycles. The highest BCUT2D eigenvalue weighted by Crippen LogP contribution is 2.53. The van der Waals surface area contributed by atoms with Gasteiger partial charge in [0.05, 0.1) is 23.7 Å². The summed E-state index contributed by atoms with van der Waals surface area (Å²) < 4.78 is 0. The van der Waals surface area contributed by atoms with Gasteiger partial charge in [-0.1, -0.05) is 24.3 Å². The van der Waals surface area contributed by atoms with E-state index in [4.69, 9.17) is 0 Å². The van der Waals surface area contributed by atoms with Gasteiger partial charge in [0.25, 0.3) is 0 Å². The molecule has 6 rings (SSSR count). The van der Waals surface area contributed by atoms with Gasteiger partial charge >= 0.3 is 0 Å². The van der Waals surface area contributed by atoms with Crippen LogP contribution in [0.1, 0.15) is 12.8 Å². The molecule has 4 amide bonds. The van der Waals surface area contributed by atoms with Crippen molar-refractivity contribution in [2.45, 2.75) is 12.8 Å². The zero-order valence-electron chi connectivity index (χ0n) is 14.3. The first-order chi connectivity index (χ1) is 12.6. The average molecular weight is 352 g/mol. The van der Waals surface area contributed by atoms with Crippen LogP contribution in [0.2, 0.25) is 0 Å². The monoisotopic (exact) mass is 352 g/mol. The topological polar surface area (TPSA) is 74.8 Å². The maximum absolute atomic E-state index is 12.7. The van der Waals surface area contributed by atoms with Gasteiger partial charge in [-0.05, 0) is 36.5 Å². The van der Waals surface area contributed by atoms with Gasteiger partial charge in [0.1, 0.15) is 0 Å². The van der Waals surface area contributed by atoms with Crippen LogP contribution >= 0.6 is 0 Å². The van der Waals surface area contributed by atoms with Crippen LogP contribution in [-0.2, 0) is 19.2 Å². The summed E-state index contributed by atoms with van der Waals surface area (Å²) in [5.74, 6) is -0.602. The maximum Gasteiger partial charge on any atom is 0.233 e. The second-order valence-electron chi connectivity index (χ2n) is 8.66. The first kappa shape index (κ1) is 14.9. The predicted octanol–water partition coefficient (Wildman–Crippen LogP) is 0.601. The number of imide groups is 2. The molecule has 0 N–H and O–H groups in total. The number of rotatable bonds is 3. The van der Waals surface area contributed by atoms with E-state index >= 15 is 0 Å². The highest BCUT2D eigenvalue weighted by molar-refractivity contribution is 6.08. The minimum atomic E-state index is -0.220. The molecule has 8 atom stereocenters. The molecule has 2 heterocycles. The van der Waals surface area contributed by atoms with Crippen LogP contribution in [0, 0.1) is 47.3 Å². The maximum atomic E-state index is 12.7. The van der Waals surface area contributed by atoms with E-state index in [1.165, 1.54) is 9.80 Å². The van der Waals surface area contributed by atoms with Crippen LogP contribution in [-0.4, -0.2) is 46.5 Å². The van der Waals surface area contributed by atoms with E-state index < -0.39 is 0 Å². The molecule has 4 fully saturated rings. The fourth-order valence-corrected chi connectivity index (χ4v) is 6.57. The Kier molecular flexibility index (Phi) is 2.70. The molecule has 4 aliphatic carbocycles. The van der Waals surface area contributed by atoms with Crippen LogP contribution in [0.3, 0.4) is 0 Å². The molecule has 4 bridgehead atoms. The number of amides is 4. The second kappa shape index (κ2) is 4.72. The SMILES string of the molecule is O=C1[C@@H]2[C@H](C(=O)N1CCN1C(=O)[C@H]3[C@H](C1=O)[C@@H]1C=C[C@@H]3C1)[C@H]1C=C[C@H]2C1. The van der Waals surface area contributed by atoms with Gasteiger partial charge in [0.2, 0.25) is 23.6 Å². The first-order valence-electron chi connectivity index (χ1n) is 9.63. The number of hydrogen-bond acceptors (Lipinski definition) is 4. The molecule has 0 aromatic heterocycles. The van der Waals surface area contributed by atoms with Crippen molar-refractivity contribution in [2.24, 2.45) is 47.3 Å². The zero-order chi connectivity index (χ0) is 17.7. The Labute approximate surface area is 150 Å². The lowest BCUT2D eigenvalue weighted by Gasteiger charge is -2.22. The number of carbonyl (C=O) groups is 4. The Morgan fingerprint density at radius 2 is 0.846 bits per heavy atom. The molecular formula is C20H20N2O4. The molecule has 2 saturated carbocycles. The first-order valence-corrected chi connectivity index (χ1v) is 9.63. The molecule has 26 heavy (non-hydrogen) atoms. The lowest BCUT2D eigenvalue weighted by Crippen LogP contribution is -2.42. The molecule has 0 aromatic carbocycles. The van der Waals surface area contributed by atoms with Gasteiger partial charge in [-0.2, -0.15) is 0 Å². The molecule has 0 radical (unpaired) electrons. The van der Waals surface area contributed by atoms with E-state index in [0.717, 1.165) is 12.8 Å². The van der Waals surface area contributed by atoms with E-state index in [2.05, 4.69) is 24.3 Å². The summed E-state index contributed by atoms with van der Waals surface area (Å²) in [6.45, 7) is 0.285. The van der Waals surface area contributed by atoms with Crippen molar-refractivity contribution in [3.05, 3.63) is 24.3 Å². The lowest BCUT2D eigenvalue weighted by atomic mass is 9.85. The van der Waals surface area contributed by atoms with Crippen molar-refractivity contribution >= 4 is 23.6 Å². The predicted molar refractivity (Wildman–Crippen MR) is 88.9 cm³/mol. The molecular weight excluding hydrogens is 332 g/mol. The highest BCUT2D eigenvalue weighted by Gasteiger charge is 2.61. The lowest BCUT2D eigenvalue weighted by molar-refractivity contribution is -0.146. The fraction of sp³-hybridized carbons (Fsp3) is 0.600. The molecule has 2 saturated heterocycles. The number of likely N-dealkylation sites (tertiary alicyclic amines) is 2. The van der Waals surface area contributed by atoms with E-state index in [1.807, 2.05) is 0 Å². The Morgan fingerprint density at radius 3 is 1.12 bits per heavy atom. The molecule has 6 nitrogen and oxygen atoms in total. The number of allylic oxidation sites excluding steroid dienone is 4. The second-order valence-corrected chi connectivity index (χ2v) is 8.66. The Hall–Kier alpha value is -2.24. The van der Waals surface area contributed by atoms with Crippen molar-refractivity contribution in [1.29, 1.82) is 0 Å². The van der Waals surface area contributed by atoms with Gasteiger partial charge in [-0.25, -0.2) is 0 Å². The van der Waals surface area contributed by atoms with E-state index in [0.29, 0.717) is 0 Å². The van der Waals surface area contributed by atoms with Gasteiger partial charge in [0, 0.05) is 13.1 Å². The van der Waals surface area contributed by atoms with Crippen LogP contribution in [0.25, 0.3) is 0 Å². The molecule has 0 spiro atoms. The molecule has 6 heteroatoms. The molecule has 0 aromatic rings. The quantitative estimate of drug-likeness (QED) is 0.551. The molecule has 134 valence electrons. The van der Waals surface area contributed by atoms with Crippen molar-refractivity contribution in [3.63, 3.8) is 0 Å². The third kappa shape index (κ3) is 1.59. The van der Waals surface area contributed by atoms with Gasteiger partial charge in [-0.15, -0.1) is 0 Å². The van der Waals surface area contributed by atoms with Crippen LogP contribution < -0.4 is 0 Å². The summed E-state index contributed by atoms with van der Waals surface area (Å²) in [6, 6.07) is 0. The van der Waals surface area contributed by atoms with Gasteiger partial charge < -0.3 is 0 Å². The Morgan fingerprint density at radius 1 is 0.577 bits per heavy atom. The normalized spacial score (nSPS) is 47.1. The van der Waals surface area contributed by atoms with Crippen molar-refractivity contribution < 1.29 is 19.2 Å². The smallest absolute Gasteiger partial charge is 0.233 e. The average Bonchev–Trinajstić information content (AvgIpc) is 3.43. The Balaban J connectivity index is 1.19. The number of carbonyl (C=O) groups excluding carboxylic acids is 4. The summed E-state index contributed by atoms with van der Waals surface area (Å²) in [5, 5.41) is 0. The van der Waals surface area contributed by atoms with E-state index in [1.54, 1.807) is 0 Å².